The SMILES string of the molecule is CC(CCC(=O)c1nc(-c2nn(Cc3ccccc3F)c3ncccc23)nc2c1C(C)(C)C(=O)N2)N(C)C. The van der Waals surface area contributed by atoms with Crippen molar-refractivity contribution in [1.29, 1.82) is 0 Å². The van der Waals surface area contributed by atoms with Gasteiger partial charge >= 0.3 is 0 Å². The second kappa shape index (κ2) is 9.68. The molecule has 0 fully saturated rings. The number of aromatic nitrogens is 5. The van der Waals surface area contributed by atoms with Crippen LogP contribution in [-0.2, 0) is 16.8 Å². The molecule has 4 aromatic rings. The number of benzene rings is 1. The Morgan fingerprint density at radius 3 is 2.66 bits per heavy atom. The predicted octanol–water partition coefficient (Wildman–Crippen LogP) is 4.22. The molecule has 4 heterocycles. The van der Waals surface area contributed by atoms with Crippen molar-refractivity contribution in [3.05, 3.63) is 65.2 Å². The summed E-state index contributed by atoms with van der Waals surface area (Å²) < 4.78 is 16.0. The minimum atomic E-state index is -0.958. The maximum Gasteiger partial charge on any atom is 0.235 e. The number of halogens is 1. The summed E-state index contributed by atoms with van der Waals surface area (Å²) in [4.78, 5) is 42.2. The molecule has 0 saturated heterocycles. The first-order valence-electron chi connectivity index (χ1n) is 12.6. The van der Waals surface area contributed by atoms with Crippen LogP contribution in [-0.4, -0.2) is 61.5 Å². The summed E-state index contributed by atoms with van der Waals surface area (Å²) in [5.41, 5.74) is 1.17. The van der Waals surface area contributed by atoms with E-state index >= 15 is 0 Å². The molecule has 1 unspecified atom stereocenters. The van der Waals surface area contributed by atoms with Crippen LogP contribution in [0.25, 0.3) is 22.6 Å². The molecule has 0 bridgehead atoms. The fourth-order valence-corrected chi connectivity index (χ4v) is 4.62. The number of rotatable bonds is 8. The fourth-order valence-electron chi connectivity index (χ4n) is 4.62. The van der Waals surface area contributed by atoms with E-state index in [0.717, 1.165) is 0 Å². The standard InChI is InChI=1S/C28H30FN7O2/c1-16(35(4)5)12-13-20(37)23-21-24(33-27(38)28(21,2)3)32-25(31-23)22-18-10-8-14-30-26(18)36(34-22)15-17-9-6-7-11-19(17)29/h6-11,14,16H,12-13,15H2,1-5H3,(H,31,32,33,38). The van der Waals surface area contributed by atoms with E-state index in [4.69, 9.17) is 10.1 Å². The van der Waals surface area contributed by atoms with Crippen LogP contribution in [0.5, 0.6) is 0 Å². The Kier molecular flexibility index (Phi) is 6.52. The van der Waals surface area contributed by atoms with Gasteiger partial charge in [0, 0.05) is 29.8 Å². The summed E-state index contributed by atoms with van der Waals surface area (Å²) in [5, 5.41) is 8.19. The van der Waals surface area contributed by atoms with Crippen molar-refractivity contribution in [1.82, 2.24) is 29.6 Å². The number of amides is 1. The van der Waals surface area contributed by atoms with Gasteiger partial charge in [-0.25, -0.2) is 24.0 Å². The Balaban J connectivity index is 1.63. The van der Waals surface area contributed by atoms with Gasteiger partial charge in [0.2, 0.25) is 5.91 Å². The molecule has 38 heavy (non-hydrogen) atoms. The maximum absolute atomic E-state index is 14.4. The highest BCUT2D eigenvalue weighted by atomic mass is 19.1. The minimum Gasteiger partial charge on any atom is -0.310 e. The molecule has 1 atom stereocenters. The number of anilines is 1. The van der Waals surface area contributed by atoms with Gasteiger partial charge in [0.05, 0.1) is 17.3 Å². The van der Waals surface area contributed by atoms with E-state index in [1.165, 1.54) is 6.07 Å². The number of hydrogen-bond acceptors (Lipinski definition) is 7. The summed E-state index contributed by atoms with van der Waals surface area (Å²) in [6.45, 7) is 5.74. The normalized spacial score (nSPS) is 15.1. The Labute approximate surface area is 220 Å². The summed E-state index contributed by atoms with van der Waals surface area (Å²) in [6.07, 6.45) is 2.56. The Bertz CT molecular complexity index is 1560. The number of ketones is 1. The zero-order chi connectivity index (χ0) is 27.2. The number of carbonyl (C=O) groups is 2. The first-order chi connectivity index (χ1) is 18.1. The van der Waals surface area contributed by atoms with E-state index in [1.54, 1.807) is 49.0 Å². The van der Waals surface area contributed by atoms with Crippen LogP contribution in [0.4, 0.5) is 10.2 Å². The van der Waals surface area contributed by atoms with Crippen molar-refractivity contribution in [3.63, 3.8) is 0 Å². The molecule has 0 saturated carbocycles. The highest BCUT2D eigenvalue weighted by Crippen LogP contribution is 2.40. The average molecular weight is 516 g/mol. The van der Waals surface area contributed by atoms with Gasteiger partial charge in [-0.3, -0.25) is 9.59 Å². The van der Waals surface area contributed by atoms with Gasteiger partial charge in [0.1, 0.15) is 23.0 Å². The second-order valence-electron chi connectivity index (χ2n) is 10.4. The molecule has 0 spiro atoms. The van der Waals surface area contributed by atoms with Crippen LogP contribution < -0.4 is 5.32 Å². The van der Waals surface area contributed by atoms with Gasteiger partial charge in [0.15, 0.2) is 17.3 Å². The molecule has 1 amide bonds. The lowest BCUT2D eigenvalue weighted by atomic mass is 9.84. The molecule has 1 aromatic carbocycles. The summed E-state index contributed by atoms with van der Waals surface area (Å²) >= 11 is 0. The smallest absolute Gasteiger partial charge is 0.235 e. The quantitative estimate of drug-likeness (QED) is 0.350. The molecule has 9 nitrogen and oxygen atoms in total. The molecule has 0 aliphatic carbocycles. The summed E-state index contributed by atoms with van der Waals surface area (Å²) in [6, 6.07) is 10.3. The van der Waals surface area contributed by atoms with Crippen molar-refractivity contribution < 1.29 is 14.0 Å². The van der Waals surface area contributed by atoms with Crippen LogP contribution in [0.3, 0.4) is 0 Å². The predicted molar refractivity (Wildman–Crippen MR) is 142 cm³/mol. The Hall–Kier alpha value is -4.05. The molecule has 0 radical (unpaired) electrons. The van der Waals surface area contributed by atoms with Crippen LogP contribution in [0.2, 0.25) is 0 Å². The third-order valence-electron chi connectivity index (χ3n) is 7.27. The average Bonchev–Trinajstić information content (AvgIpc) is 3.36. The summed E-state index contributed by atoms with van der Waals surface area (Å²) in [7, 11) is 3.94. The van der Waals surface area contributed by atoms with E-state index in [0.29, 0.717) is 40.1 Å². The van der Waals surface area contributed by atoms with Crippen molar-refractivity contribution in [2.24, 2.45) is 0 Å². The van der Waals surface area contributed by atoms with Crippen LogP contribution in [0, 0.1) is 5.82 Å². The van der Waals surface area contributed by atoms with Crippen molar-refractivity contribution >= 4 is 28.5 Å². The van der Waals surface area contributed by atoms with E-state index in [9.17, 15) is 14.0 Å². The number of nitrogens with zero attached hydrogens (tertiary/aromatic N) is 6. The largest absolute Gasteiger partial charge is 0.310 e. The first kappa shape index (κ1) is 25.6. The molecular formula is C28H30FN7O2. The highest BCUT2D eigenvalue weighted by molar-refractivity contribution is 6.09. The number of hydrogen-bond donors (Lipinski definition) is 1. The molecule has 1 N–H and O–H groups in total. The van der Waals surface area contributed by atoms with Crippen LogP contribution >= 0.6 is 0 Å². The van der Waals surface area contributed by atoms with Gasteiger partial charge < -0.3 is 10.2 Å². The van der Waals surface area contributed by atoms with Gasteiger partial charge in [-0.1, -0.05) is 18.2 Å². The number of nitrogens with one attached hydrogen (secondary N) is 1. The number of fused-ring (bicyclic) bond motifs is 2. The van der Waals surface area contributed by atoms with Gasteiger partial charge in [0.25, 0.3) is 0 Å². The second-order valence-corrected chi connectivity index (χ2v) is 10.4. The lowest BCUT2D eigenvalue weighted by molar-refractivity contribution is -0.119. The van der Waals surface area contributed by atoms with Crippen molar-refractivity contribution in [3.8, 4) is 11.5 Å². The molecule has 5 rings (SSSR count). The maximum atomic E-state index is 14.4. The van der Waals surface area contributed by atoms with E-state index < -0.39 is 5.41 Å². The molecular weight excluding hydrogens is 485 g/mol. The zero-order valence-electron chi connectivity index (χ0n) is 22.1. The lowest BCUT2D eigenvalue weighted by Crippen LogP contribution is -2.29. The van der Waals surface area contributed by atoms with Crippen LogP contribution in [0.1, 0.15) is 55.2 Å². The molecule has 1 aliphatic rings. The van der Waals surface area contributed by atoms with Gasteiger partial charge in [-0.05, 0) is 59.5 Å². The van der Waals surface area contributed by atoms with E-state index in [2.05, 4.69) is 27.1 Å². The minimum absolute atomic E-state index is 0.156. The van der Waals surface area contributed by atoms with Crippen molar-refractivity contribution in [2.75, 3.05) is 19.4 Å². The Morgan fingerprint density at radius 2 is 1.92 bits per heavy atom. The van der Waals surface area contributed by atoms with Gasteiger partial charge in [-0.15, -0.1) is 0 Å². The van der Waals surface area contributed by atoms with Crippen LogP contribution in [0.15, 0.2) is 42.6 Å². The third kappa shape index (κ3) is 4.45. The van der Waals surface area contributed by atoms with E-state index in [1.807, 2.05) is 20.2 Å². The zero-order valence-corrected chi connectivity index (χ0v) is 22.1. The topological polar surface area (TPSA) is 106 Å². The Morgan fingerprint density at radius 1 is 1.16 bits per heavy atom. The summed E-state index contributed by atoms with van der Waals surface area (Å²) in [5.74, 6) is -0.222. The molecule has 10 heteroatoms. The van der Waals surface area contributed by atoms with E-state index in [-0.39, 0.29) is 48.0 Å². The molecule has 3 aromatic heterocycles. The lowest BCUT2D eigenvalue weighted by Gasteiger charge is -2.20. The first-order valence-corrected chi connectivity index (χ1v) is 12.6. The number of carbonyl (C=O) groups excluding carboxylic acids is 2. The third-order valence-corrected chi connectivity index (χ3v) is 7.27. The fraction of sp³-hybridized carbons (Fsp3) is 0.357. The van der Waals surface area contributed by atoms with Gasteiger partial charge in [-0.2, -0.15) is 5.10 Å². The van der Waals surface area contributed by atoms with Crippen molar-refractivity contribution in [2.45, 2.75) is 51.6 Å². The molecule has 1 aliphatic heterocycles. The monoisotopic (exact) mass is 515 g/mol. The molecule has 196 valence electrons. The highest BCUT2D eigenvalue weighted by Gasteiger charge is 2.44. The number of pyridine rings is 1. The number of Topliss-reactive ketones (excluding diaryl/α,β-unsaturated/α-hetero) is 1.